The van der Waals surface area contributed by atoms with Gasteiger partial charge in [-0.15, -0.1) is 0 Å². The molecule has 0 aliphatic heterocycles. The molecule has 4 atom stereocenters. The zero-order chi connectivity index (χ0) is 29.5. The predicted octanol–water partition coefficient (Wildman–Crippen LogP) is 5.15. The normalized spacial score (nSPS) is 14.2. The molecule has 0 aromatic heterocycles. The number of carboxylic acids is 1. The number of aliphatic carboxylic acids is 1. The van der Waals surface area contributed by atoms with E-state index < -0.39 is 36.2 Å². The van der Waals surface area contributed by atoms with E-state index in [1.54, 1.807) is 26.8 Å². The molecule has 0 bridgehead atoms. The number of carbonyl (C=O) groups is 4. The van der Waals surface area contributed by atoms with Crippen molar-refractivity contribution in [1.82, 2.24) is 5.32 Å². The number of hydrogen-bond acceptors (Lipinski definition) is 9. The maximum absolute atomic E-state index is 12.6. The maximum Gasteiger partial charge on any atom is 0.508 e. The summed E-state index contributed by atoms with van der Waals surface area (Å²) in [5, 5.41) is 12.6. The van der Waals surface area contributed by atoms with Gasteiger partial charge in [-0.1, -0.05) is 60.5 Å². The lowest BCUT2D eigenvalue weighted by molar-refractivity contribution is -0.141. The van der Waals surface area contributed by atoms with Gasteiger partial charge in [0.1, 0.15) is 12.1 Å². The number of esters is 2. The molecular formula is C29H45NO9. The number of hydrogen-bond donors (Lipinski definition) is 2. The Morgan fingerprint density at radius 1 is 0.872 bits per heavy atom. The van der Waals surface area contributed by atoms with Crippen LogP contribution in [0.5, 0.6) is 11.5 Å². The first-order valence-corrected chi connectivity index (χ1v) is 13.7. The van der Waals surface area contributed by atoms with Crippen LogP contribution in [-0.2, 0) is 30.3 Å². The quantitative estimate of drug-likeness (QED) is 0.197. The summed E-state index contributed by atoms with van der Waals surface area (Å²) >= 11 is 0. The van der Waals surface area contributed by atoms with Crippen molar-refractivity contribution in [1.29, 1.82) is 0 Å². The smallest absolute Gasteiger partial charge is 0.480 e. The van der Waals surface area contributed by atoms with Crippen molar-refractivity contribution in [2.45, 2.75) is 92.7 Å². The standard InChI is InChI=1S/C29H45NO9/c1-8-10-19(5)27(33)38-24-13-12-22(15-25(24)39-28(34)20(6)11-9-2)14-23(26(31)32)30-16-21(7)37-29(35)36-17-18(3)4/h12-13,15,18-21,23,30H,8-11,14,16-17H2,1-7H3,(H,31,32)/t19?,20?,21?,23-/m0/s1. The van der Waals surface area contributed by atoms with Crippen LogP contribution >= 0.6 is 0 Å². The predicted molar refractivity (Wildman–Crippen MR) is 146 cm³/mol. The third-order valence-electron chi connectivity index (χ3n) is 5.90. The van der Waals surface area contributed by atoms with Crippen molar-refractivity contribution >= 4 is 24.1 Å². The number of ether oxygens (including phenoxy) is 4. The highest BCUT2D eigenvalue weighted by Crippen LogP contribution is 2.31. The lowest BCUT2D eigenvalue weighted by Crippen LogP contribution is -2.42. The summed E-state index contributed by atoms with van der Waals surface area (Å²) in [6.07, 6.45) is 1.51. The van der Waals surface area contributed by atoms with Crippen LogP contribution in [0.15, 0.2) is 18.2 Å². The monoisotopic (exact) mass is 551 g/mol. The van der Waals surface area contributed by atoms with Gasteiger partial charge in [-0.25, -0.2) is 4.79 Å². The van der Waals surface area contributed by atoms with Crippen LogP contribution in [0, 0.1) is 17.8 Å². The molecule has 220 valence electrons. The van der Waals surface area contributed by atoms with Crippen LogP contribution in [0.3, 0.4) is 0 Å². The highest BCUT2D eigenvalue weighted by molar-refractivity contribution is 5.78. The molecular weight excluding hydrogens is 506 g/mol. The van der Waals surface area contributed by atoms with Gasteiger partial charge in [0.25, 0.3) is 0 Å². The molecule has 0 heterocycles. The number of carbonyl (C=O) groups excluding carboxylic acids is 3. The molecule has 0 radical (unpaired) electrons. The first kappa shape index (κ1) is 33.9. The fourth-order valence-electron chi connectivity index (χ4n) is 3.63. The fourth-order valence-corrected chi connectivity index (χ4v) is 3.63. The van der Waals surface area contributed by atoms with Gasteiger partial charge in [-0.3, -0.25) is 14.4 Å². The molecule has 3 unspecified atom stereocenters. The minimum Gasteiger partial charge on any atom is -0.480 e. The van der Waals surface area contributed by atoms with Crippen LogP contribution < -0.4 is 14.8 Å². The van der Waals surface area contributed by atoms with Crippen molar-refractivity contribution in [2.24, 2.45) is 17.8 Å². The molecule has 0 saturated heterocycles. The van der Waals surface area contributed by atoms with Crippen molar-refractivity contribution in [3.05, 3.63) is 23.8 Å². The maximum atomic E-state index is 12.6. The van der Waals surface area contributed by atoms with E-state index in [2.05, 4.69) is 5.32 Å². The number of rotatable bonds is 17. The van der Waals surface area contributed by atoms with Gasteiger partial charge in [0.15, 0.2) is 11.5 Å². The molecule has 0 aliphatic carbocycles. The second kappa shape index (κ2) is 17.4. The highest BCUT2D eigenvalue weighted by Gasteiger charge is 2.24. The summed E-state index contributed by atoms with van der Waals surface area (Å²) in [5.41, 5.74) is 0.548. The van der Waals surface area contributed by atoms with E-state index in [-0.39, 0.29) is 48.8 Å². The van der Waals surface area contributed by atoms with Crippen LogP contribution in [0.4, 0.5) is 4.79 Å². The first-order valence-electron chi connectivity index (χ1n) is 13.7. The Hall–Kier alpha value is -3.14. The number of carboxylic acid groups (broad SMARTS) is 1. The van der Waals surface area contributed by atoms with E-state index in [0.717, 1.165) is 12.8 Å². The third kappa shape index (κ3) is 13.0. The van der Waals surface area contributed by atoms with Crippen molar-refractivity contribution in [2.75, 3.05) is 13.2 Å². The van der Waals surface area contributed by atoms with E-state index in [1.165, 1.54) is 12.1 Å². The van der Waals surface area contributed by atoms with E-state index in [9.17, 15) is 24.3 Å². The van der Waals surface area contributed by atoms with E-state index >= 15 is 0 Å². The Kier molecular flexibility index (Phi) is 15.2. The van der Waals surface area contributed by atoms with E-state index in [1.807, 2.05) is 27.7 Å². The third-order valence-corrected chi connectivity index (χ3v) is 5.90. The Bertz CT molecular complexity index is 947. The lowest BCUT2D eigenvalue weighted by atomic mass is 10.0. The van der Waals surface area contributed by atoms with Gasteiger partial charge in [0.2, 0.25) is 0 Å². The Balaban J connectivity index is 3.02. The molecule has 1 rings (SSSR count). The van der Waals surface area contributed by atoms with Crippen LogP contribution in [-0.4, -0.2) is 54.5 Å². The second-order valence-corrected chi connectivity index (χ2v) is 10.4. The number of nitrogens with one attached hydrogen (secondary N) is 1. The summed E-state index contributed by atoms with van der Waals surface area (Å²) in [7, 11) is 0. The molecule has 0 saturated carbocycles. The Morgan fingerprint density at radius 2 is 1.44 bits per heavy atom. The molecule has 10 nitrogen and oxygen atoms in total. The molecule has 0 aliphatic rings. The van der Waals surface area contributed by atoms with Crippen molar-refractivity contribution < 1.29 is 43.2 Å². The molecule has 0 fully saturated rings. The van der Waals surface area contributed by atoms with E-state index in [4.69, 9.17) is 18.9 Å². The summed E-state index contributed by atoms with van der Waals surface area (Å²) in [5.74, 6) is -2.37. The summed E-state index contributed by atoms with van der Waals surface area (Å²) in [6.45, 7) is 13.2. The lowest BCUT2D eigenvalue weighted by Gasteiger charge is -2.20. The minimum absolute atomic E-state index is 0.0371. The molecule has 1 aromatic carbocycles. The Labute approximate surface area is 231 Å². The SMILES string of the molecule is CCCC(C)C(=O)Oc1ccc(C[C@H](NCC(C)OC(=O)OCC(C)C)C(=O)O)cc1OC(=O)C(C)CCC. The van der Waals surface area contributed by atoms with Gasteiger partial charge in [0, 0.05) is 6.54 Å². The number of benzene rings is 1. The molecule has 0 amide bonds. The van der Waals surface area contributed by atoms with Crippen LogP contribution in [0.1, 0.15) is 79.7 Å². The highest BCUT2D eigenvalue weighted by atomic mass is 16.7. The summed E-state index contributed by atoms with van der Waals surface area (Å²) in [6, 6.07) is 3.63. The van der Waals surface area contributed by atoms with E-state index in [0.29, 0.717) is 18.4 Å². The molecule has 1 aromatic rings. The average Bonchev–Trinajstić information content (AvgIpc) is 2.86. The van der Waals surface area contributed by atoms with Crippen molar-refractivity contribution in [3.8, 4) is 11.5 Å². The van der Waals surface area contributed by atoms with Gasteiger partial charge in [0.05, 0.1) is 18.4 Å². The molecule has 39 heavy (non-hydrogen) atoms. The zero-order valence-electron chi connectivity index (χ0n) is 24.3. The molecule has 10 heteroatoms. The van der Waals surface area contributed by atoms with Crippen LogP contribution in [0.2, 0.25) is 0 Å². The van der Waals surface area contributed by atoms with Gasteiger partial charge < -0.3 is 29.4 Å². The summed E-state index contributed by atoms with van der Waals surface area (Å²) < 4.78 is 21.3. The average molecular weight is 552 g/mol. The molecule has 0 spiro atoms. The van der Waals surface area contributed by atoms with Crippen molar-refractivity contribution in [3.63, 3.8) is 0 Å². The minimum atomic E-state index is -1.11. The molecule has 2 N–H and O–H groups in total. The van der Waals surface area contributed by atoms with Gasteiger partial charge >= 0.3 is 24.1 Å². The first-order chi connectivity index (χ1) is 18.4. The second-order valence-electron chi connectivity index (χ2n) is 10.4. The Morgan fingerprint density at radius 3 is 1.95 bits per heavy atom. The van der Waals surface area contributed by atoms with Gasteiger partial charge in [-0.2, -0.15) is 0 Å². The zero-order valence-corrected chi connectivity index (χ0v) is 24.3. The largest absolute Gasteiger partial charge is 0.508 e. The fraction of sp³-hybridized carbons (Fsp3) is 0.655. The van der Waals surface area contributed by atoms with Gasteiger partial charge in [-0.05, 0) is 49.8 Å². The van der Waals surface area contributed by atoms with Crippen LogP contribution in [0.25, 0.3) is 0 Å². The summed E-state index contributed by atoms with van der Waals surface area (Å²) in [4.78, 5) is 48.9. The topological polar surface area (TPSA) is 137 Å².